The van der Waals surface area contributed by atoms with Crippen molar-refractivity contribution in [2.45, 2.75) is 38.4 Å². The van der Waals surface area contributed by atoms with Gasteiger partial charge >= 0.3 is 5.97 Å². The van der Waals surface area contributed by atoms with Gasteiger partial charge in [0.05, 0.1) is 23.5 Å². The molecule has 2 rings (SSSR count). The molecule has 0 fully saturated rings. The second-order valence-corrected chi connectivity index (χ2v) is 7.62. The predicted octanol–water partition coefficient (Wildman–Crippen LogP) is 2.40. The number of carbonyl (C=O) groups excluding carboxylic acids is 2. The molecule has 2 aromatic heterocycles. The molecule has 8 nitrogen and oxygen atoms in total. The number of carbonyl (C=O) groups is 2. The van der Waals surface area contributed by atoms with Gasteiger partial charge in [0, 0.05) is 0 Å². The number of thioether (sulfide) groups is 1. The number of hydrogen-bond acceptors (Lipinski definition) is 8. The van der Waals surface area contributed by atoms with Crippen molar-refractivity contribution in [3.63, 3.8) is 0 Å². The zero-order valence-electron chi connectivity index (χ0n) is 13.9. The van der Waals surface area contributed by atoms with Gasteiger partial charge in [-0.1, -0.05) is 11.8 Å². The zero-order chi connectivity index (χ0) is 17.7. The Morgan fingerprint density at radius 2 is 2.17 bits per heavy atom. The maximum atomic E-state index is 12.1. The summed E-state index contributed by atoms with van der Waals surface area (Å²) < 4.78 is 6.63. The van der Waals surface area contributed by atoms with Crippen LogP contribution in [0.25, 0.3) is 0 Å². The number of nitrogens with zero attached hydrogens (tertiary/aromatic N) is 4. The van der Waals surface area contributed by atoms with Crippen LogP contribution in [0, 0.1) is 0 Å². The van der Waals surface area contributed by atoms with Gasteiger partial charge in [0.1, 0.15) is 5.00 Å². The largest absolute Gasteiger partial charge is 0.462 e. The molecular weight excluding hydrogens is 350 g/mol. The predicted molar refractivity (Wildman–Crippen MR) is 92.4 cm³/mol. The smallest absolute Gasteiger partial charge is 0.341 e. The maximum absolute atomic E-state index is 12.1. The summed E-state index contributed by atoms with van der Waals surface area (Å²) in [4.78, 5) is 23.9. The molecule has 0 saturated heterocycles. The van der Waals surface area contributed by atoms with Gasteiger partial charge in [-0.2, -0.15) is 0 Å². The topological polar surface area (TPSA) is 99.0 Å². The first-order valence-corrected chi connectivity index (χ1v) is 9.15. The molecule has 0 spiro atoms. The molecule has 10 heteroatoms. The second-order valence-electron chi connectivity index (χ2n) is 5.76. The van der Waals surface area contributed by atoms with Gasteiger partial charge in [-0.05, 0) is 49.6 Å². The van der Waals surface area contributed by atoms with E-state index in [1.165, 1.54) is 23.1 Å². The monoisotopic (exact) mass is 369 g/mol. The van der Waals surface area contributed by atoms with E-state index in [1.54, 1.807) is 23.1 Å². The molecule has 130 valence electrons. The van der Waals surface area contributed by atoms with E-state index in [4.69, 9.17) is 4.74 Å². The molecule has 2 aromatic rings. The molecule has 2 heterocycles. The number of nitrogens with one attached hydrogen (secondary N) is 1. The quantitative estimate of drug-likeness (QED) is 0.616. The highest BCUT2D eigenvalue weighted by atomic mass is 32.2. The molecule has 24 heavy (non-hydrogen) atoms. The maximum Gasteiger partial charge on any atom is 0.341 e. The SMILES string of the molecule is CCOC(=O)c1ccsc1NC(=O)CSc1nnnn1C(C)(C)C. The summed E-state index contributed by atoms with van der Waals surface area (Å²) in [5.41, 5.74) is 0.0902. The Morgan fingerprint density at radius 3 is 2.83 bits per heavy atom. The van der Waals surface area contributed by atoms with E-state index in [9.17, 15) is 9.59 Å². The third-order valence-electron chi connectivity index (χ3n) is 2.82. The summed E-state index contributed by atoms with van der Waals surface area (Å²) in [6.45, 7) is 7.95. The fourth-order valence-corrected chi connectivity index (χ4v) is 3.41. The number of esters is 1. The van der Waals surface area contributed by atoms with E-state index in [0.717, 1.165) is 0 Å². The molecule has 0 aliphatic rings. The van der Waals surface area contributed by atoms with Crippen LogP contribution < -0.4 is 5.32 Å². The molecule has 0 aliphatic heterocycles. The van der Waals surface area contributed by atoms with Crippen molar-refractivity contribution in [2.24, 2.45) is 0 Å². The minimum absolute atomic E-state index is 0.136. The number of anilines is 1. The number of thiophene rings is 1. The van der Waals surface area contributed by atoms with Gasteiger partial charge in [0.2, 0.25) is 11.1 Å². The van der Waals surface area contributed by atoms with Crippen LogP contribution in [0.1, 0.15) is 38.1 Å². The Kier molecular flexibility index (Phi) is 5.94. The minimum Gasteiger partial charge on any atom is -0.462 e. The fourth-order valence-electron chi connectivity index (χ4n) is 1.76. The lowest BCUT2D eigenvalue weighted by Gasteiger charge is -2.19. The van der Waals surface area contributed by atoms with Crippen LogP contribution in [0.15, 0.2) is 16.6 Å². The second kappa shape index (κ2) is 7.75. The summed E-state index contributed by atoms with van der Waals surface area (Å²) >= 11 is 2.51. The Hall–Kier alpha value is -1.94. The van der Waals surface area contributed by atoms with Crippen molar-refractivity contribution in [1.29, 1.82) is 0 Å². The van der Waals surface area contributed by atoms with Crippen LogP contribution in [0.4, 0.5) is 5.00 Å². The van der Waals surface area contributed by atoms with Crippen LogP contribution in [0.3, 0.4) is 0 Å². The number of aromatic nitrogens is 4. The highest BCUT2D eigenvalue weighted by molar-refractivity contribution is 7.99. The average molecular weight is 369 g/mol. The van der Waals surface area contributed by atoms with Gasteiger partial charge < -0.3 is 10.1 Å². The van der Waals surface area contributed by atoms with E-state index >= 15 is 0 Å². The average Bonchev–Trinajstić information content (AvgIpc) is 3.13. The zero-order valence-corrected chi connectivity index (χ0v) is 15.5. The Labute approximate surface area is 148 Å². The molecule has 0 atom stereocenters. The number of ether oxygens (including phenoxy) is 1. The fraction of sp³-hybridized carbons (Fsp3) is 0.500. The summed E-state index contributed by atoms with van der Waals surface area (Å²) in [5.74, 6) is -0.550. The van der Waals surface area contributed by atoms with Crippen molar-refractivity contribution in [1.82, 2.24) is 20.2 Å². The number of tetrazole rings is 1. The lowest BCUT2D eigenvalue weighted by molar-refractivity contribution is -0.113. The number of amides is 1. The standard InChI is InChI=1S/C14H19N5O3S2/c1-5-22-12(21)9-6-7-23-11(9)15-10(20)8-24-13-16-17-18-19(13)14(2,3)4/h6-7H,5,8H2,1-4H3,(H,15,20). The summed E-state index contributed by atoms with van der Waals surface area (Å²) in [7, 11) is 0. The first-order chi connectivity index (χ1) is 11.3. The van der Waals surface area contributed by atoms with Crippen molar-refractivity contribution in [3.8, 4) is 0 Å². The van der Waals surface area contributed by atoms with Crippen molar-refractivity contribution < 1.29 is 14.3 Å². The van der Waals surface area contributed by atoms with E-state index in [0.29, 0.717) is 15.7 Å². The normalized spacial score (nSPS) is 11.3. The molecule has 0 saturated carbocycles. The van der Waals surface area contributed by atoms with Crippen LogP contribution >= 0.6 is 23.1 Å². The number of hydrogen-bond donors (Lipinski definition) is 1. The molecule has 0 aliphatic carbocycles. The summed E-state index contributed by atoms with van der Waals surface area (Å²) in [6.07, 6.45) is 0. The molecule has 0 bridgehead atoms. The molecule has 0 unspecified atom stereocenters. The van der Waals surface area contributed by atoms with E-state index in [2.05, 4.69) is 20.8 Å². The third-order valence-corrected chi connectivity index (χ3v) is 4.57. The van der Waals surface area contributed by atoms with Gasteiger partial charge in [-0.3, -0.25) is 4.79 Å². The molecular formula is C14H19N5O3S2. The van der Waals surface area contributed by atoms with Crippen LogP contribution in [-0.2, 0) is 15.1 Å². The van der Waals surface area contributed by atoms with Crippen LogP contribution in [-0.4, -0.2) is 44.4 Å². The van der Waals surface area contributed by atoms with E-state index < -0.39 is 5.97 Å². The highest BCUT2D eigenvalue weighted by Crippen LogP contribution is 2.25. The third kappa shape index (κ3) is 4.54. The molecule has 1 amide bonds. The summed E-state index contributed by atoms with van der Waals surface area (Å²) in [6, 6.07) is 1.63. The molecule has 0 radical (unpaired) electrons. The van der Waals surface area contributed by atoms with Crippen molar-refractivity contribution >= 4 is 40.0 Å². The van der Waals surface area contributed by atoms with Gasteiger partial charge in [0.25, 0.3) is 0 Å². The molecule has 1 N–H and O–H groups in total. The van der Waals surface area contributed by atoms with Gasteiger partial charge in [-0.25, -0.2) is 9.48 Å². The lowest BCUT2D eigenvalue weighted by atomic mass is 10.1. The lowest BCUT2D eigenvalue weighted by Crippen LogP contribution is -2.24. The van der Waals surface area contributed by atoms with E-state index in [-0.39, 0.29) is 23.8 Å². The first kappa shape index (κ1) is 18.4. The van der Waals surface area contributed by atoms with Gasteiger partial charge in [-0.15, -0.1) is 16.4 Å². The minimum atomic E-state index is -0.446. The highest BCUT2D eigenvalue weighted by Gasteiger charge is 2.21. The molecule has 0 aromatic carbocycles. The van der Waals surface area contributed by atoms with Gasteiger partial charge in [0.15, 0.2) is 0 Å². The van der Waals surface area contributed by atoms with Crippen molar-refractivity contribution in [2.75, 3.05) is 17.7 Å². The van der Waals surface area contributed by atoms with E-state index in [1.807, 2.05) is 20.8 Å². The summed E-state index contributed by atoms with van der Waals surface area (Å²) in [5, 5.41) is 17.0. The Balaban J connectivity index is 1.97. The van der Waals surface area contributed by atoms with Crippen LogP contribution in [0.2, 0.25) is 0 Å². The Morgan fingerprint density at radius 1 is 1.42 bits per heavy atom. The van der Waals surface area contributed by atoms with Crippen molar-refractivity contribution in [3.05, 3.63) is 17.0 Å². The van der Waals surface area contributed by atoms with Crippen LogP contribution in [0.5, 0.6) is 0 Å². The number of rotatable bonds is 6. The Bertz CT molecular complexity index is 720. The first-order valence-electron chi connectivity index (χ1n) is 7.29.